The van der Waals surface area contributed by atoms with Crippen molar-refractivity contribution in [3.8, 4) is 10.1 Å². The van der Waals surface area contributed by atoms with Crippen LogP contribution in [0, 0.1) is 0 Å². The Hall–Kier alpha value is -3.76. The molecule has 0 N–H and O–H groups in total. The van der Waals surface area contributed by atoms with Gasteiger partial charge in [-0.2, -0.15) is 26.3 Å². The lowest BCUT2D eigenvalue weighted by Gasteiger charge is -2.25. The highest BCUT2D eigenvalue weighted by atomic mass is 32.1. The van der Waals surface area contributed by atoms with Gasteiger partial charge < -0.3 is 9.47 Å². The number of methoxy groups -OCH3 is 2. The smallest absolute Gasteiger partial charge is 0.380 e. The van der Waals surface area contributed by atoms with Crippen molar-refractivity contribution in [2.45, 2.75) is 17.8 Å². The number of hydrogen-bond donors (Lipinski definition) is 0. The van der Waals surface area contributed by atoms with Crippen molar-refractivity contribution in [1.29, 1.82) is 0 Å². The molecule has 0 fully saturated rings. The average Bonchev–Trinajstić information content (AvgIpc) is 3.59. The van der Waals surface area contributed by atoms with Crippen LogP contribution in [0.2, 0.25) is 0 Å². The van der Waals surface area contributed by atoms with Crippen molar-refractivity contribution in [1.82, 2.24) is 0 Å². The molecule has 1 aliphatic rings. The van der Waals surface area contributed by atoms with Gasteiger partial charge in [0.05, 0.1) is 14.2 Å². The minimum atomic E-state index is -5.70. The summed E-state index contributed by atoms with van der Waals surface area (Å²) < 4.78 is 102. The summed E-state index contributed by atoms with van der Waals surface area (Å²) in [5.74, 6) is -16.1. The first-order valence-electron chi connectivity index (χ1n) is 12.2. The van der Waals surface area contributed by atoms with Crippen LogP contribution in [0.3, 0.4) is 0 Å². The summed E-state index contributed by atoms with van der Waals surface area (Å²) in [5, 5.41) is -0.395. The molecule has 41 heavy (non-hydrogen) atoms. The number of hydrogen-bond acceptors (Lipinski definition) is 4. The summed E-state index contributed by atoms with van der Waals surface area (Å²) in [6.07, 6.45) is 6.53. The molecule has 2 aromatic heterocycles. The van der Waals surface area contributed by atoms with E-state index in [1.807, 2.05) is 36.4 Å². The second-order valence-electron chi connectivity index (χ2n) is 9.07. The van der Waals surface area contributed by atoms with Crippen molar-refractivity contribution < 1.29 is 35.8 Å². The lowest BCUT2D eigenvalue weighted by atomic mass is 9.97. The zero-order valence-corrected chi connectivity index (χ0v) is 23.3. The molecule has 0 bridgehead atoms. The molecule has 0 saturated carbocycles. The monoisotopic (exact) mass is 604 g/mol. The fourth-order valence-electron chi connectivity index (χ4n) is 4.52. The number of thiophene rings is 2. The van der Waals surface area contributed by atoms with Gasteiger partial charge in [0.2, 0.25) is 0 Å². The normalized spacial score (nSPS) is 17.6. The van der Waals surface area contributed by atoms with E-state index in [-0.39, 0.29) is 10.1 Å². The molecular formula is C31H22F6O2S2. The van der Waals surface area contributed by atoms with Gasteiger partial charge in [0.15, 0.2) is 10.1 Å². The highest BCUT2D eigenvalue weighted by molar-refractivity contribution is 7.15. The molecule has 212 valence electrons. The summed E-state index contributed by atoms with van der Waals surface area (Å²) in [5.41, 5.74) is -2.45. The Morgan fingerprint density at radius 1 is 0.561 bits per heavy atom. The van der Waals surface area contributed by atoms with E-state index in [0.29, 0.717) is 9.75 Å². The van der Waals surface area contributed by atoms with E-state index >= 15 is 17.6 Å². The molecule has 0 atom stereocenters. The number of benzene rings is 2. The first kappa shape index (κ1) is 28.8. The topological polar surface area (TPSA) is 18.5 Å². The third-order valence-corrected chi connectivity index (χ3v) is 8.61. The van der Waals surface area contributed by atoms with E-state index in [2.05, 4.69) is 0 Å². The third kappa shape index (κ3) is 4.99. The molecular weight excluding hydrogens is 582 g/mol. The molecule has 4 aromatic rings. The lowest BCUT2D eigenvalue weighted by Crippen LogP contribution is -2.48. The molecule has 0 aliphatic heterocycles. The SMILES string of the molecule is COc1sc(C=Cc2ccccc2)cc1C1=C(c2cc(C=Cc3ccccc3)sc2OC)C(F)(F)C(F)(F)C1(F)F. The standard InChI is InChI=1S/C31H22F6O2S2/c1-38-27-23(17-21(40-27)15-13-19-9-5-3-6-10-19)25-26(30(34,35)31(36,37)29(25,32)33)24-18-22(41-28(24)39-2)16-14-20-11-7-4-8-12-20/h3-18H,1-2H3. The summed E-state index contributed by atoms with van der Waals surface area (Å²) in [4.78, 5) is 0.705. The van der Waals surface area contributed by atoms with Gasteiger partial charge in [0.1, 0.15) is 0 Å². The van der Waals surface area contributed by atoms with E-state index in [9.17, 15) is 8.78 Å². The first-order chi connectivity index (χ1) is 19.5. The molecule has 0 spiro atoms. The van der Waals surface area contributed by atoms with Crippen LogP contribution < -0.4 is 9.47 Å². The Morgan fingerprint density at radius 3 is 1.27 bits per heavy atom. The van der Waals surface area contributed by atoms with E-state index in [1.165, 1.54) is 26.4 Å². The average molecular weight is 605 g/mol. The number of allylic oxidation sites excluding steroid dienone is 2. The Labute approximate surface area is 240 Å². The fourth-order valence-corrected chi connectivity index (χ4v) is 6.28. The van der Waals surface area contributed by atoms with E-state index < -0.39 is 40.0 Å². The summed E-state index contributed by atoms with van der Waals surface area (Å²) in [6, 6.07) is 20.4. The van der Waals surface area contributed by atoms with Gasteiger partial charge in [0.25, 0.3) is 0 Å². The Balaban J connectivity index is 1.69. The van der Waals surface area contributed by atoms with Gasteiger partial charge in [-0.25, -0.2) is 0 Å². The van der Waals surface area contributed by atoms with Crippen LogP contribution in [-0.4, -0.2) is 32.0 Å². The van der Waals surface area contributed by atoms with Crippen LogP contribution in [0.15, 0.2) is 72.8 Å². The van der Waals surface area contributed by atoms with Gasteiger partial charge in [-0.15, -0.1) is 0 Å². The van der Waals surface area contributed by atoms with Crippen molar-refractivity contribution in [2.24, 2.45) is 0 Å². The molecule has 2 heterocycles. The quantitative estimate of drug-likeness (QED) is 0.186. The second kappa shape index (κ2) is 10.9. The molecule has 0 unspecified atom stereocenters. The van der Waals surface area contributed by atoms with Gasteiger partial charge >= 0.3 is 17.8 Å². The number of rotatable bonds is 8. The third-order valence-electron chi connectivity index (χ3n) is 6.49. The maximum absolute atomic E-state index is 15.5. The highest BCUT2D eigenvalue weighted by Crippen LogP contribution is 2.67. The van der Waals surface area contributed by atoms with Crippen LogP contribution in [0.25, 0.3) is 35.5 Å². The summed E-state index contributed by atoms with van der Waals surface area (Å²) >= 11 is 1.76. The molecule has 0 radical (unpaired) electrons. The van der Waals surface area contributed by atoms with Crippen molar-refractivity contribution in [2.75, 3.05) is 14.2 Å². The molecule has 5 rings (SSSR count). The summed E-state index contributed by atoms with van der Waals surface area (Å²) in [7, 11) is 2.34. The Bertz CT molecular complexity index is 1510. The van der Waals surface area contributed by atoms with Crippen LogP contribution >= 0.6 is 22.7 Å². The van der Waals surface area contributed by atoms with Crippen LogP contribution in [0.5, 0.6) is 10.1 Å². The Kier molecular flexibility index (Phi) is 7.65. The number of ether oxygens (including phenoxy) is 2. The second-order valence-corrected chi connectivity index (χ2v) is 11.2. The molecule has 1 aliphatic carbocycles. The van der Waals surface area contributed by atoms with Gasteiger partial charge in [-0.05, 0) is 35.4 Å². The number of halogens is 6. The maximum atomic E-state index is 15.5. The highest BCUT2D eigenvalue weighted by Gasteiger charge is 2.80. The first-order valence-corrected chi connectivity index (χ1v) is 13.9. The number of alkyl halides is 6. The van der Waals surface area contributed by atoms with Gasteiger partial charge in [-0.1, -0.05) is 95.5 Å². The largest absolute Gasteiger partial charge is 0.487 e. The van der Waals surface area contributed by atoms with Crippen molar-refractivity contribution in [3.63, 3.8) is 0 Å². The predicted octanol–water partition coefficient (Wildman–Crippen LogP) is 10.00. The van der Waals surface area contributed by atoms with Crippen molar-refractivity contribution >= 4 is 58.1 Å². The summed E-state index contributed by atoms with van der Waals surface area (Å²) in [6.45, 7) is 0. The molecule has 2 nitrogen and oxygen atoms in total. The Morgan fingerprint density at radius 2 is 0.927 bits per heavy atom. The predicted molar refractivity (Wildman–Crippen MR) is 154 cm³/mol. The minimum Gasteiger partial charge on any atom is -0.487 e. The van der Waals surface area contributed by atoms with Crippen molar-refractivity contribution in [3.05, 3.63) is 105 Å². The maximum Gasteiger partial charge on any atom is 0.380 e. The van der Waals surface area contributed by atoms with E-state index in [4.69, 9.17) is 9.47 Å². The molecule has 10 heteroatoms. The molecule has 0 saturated heterocycles. The zero-order chi connectivity index (χ0) is 29.4. The fraction of sp³-hybridized carbons (Fsp3) is 0.161. The molecule has 0 amide bonds. The molecule has 2 aromatic carbocycles. The zero-order valence-electron chi connectivity index (χ0n) is 21.6. The van der Waals surface area contributed by atoms with Crippen LogP contribution in [0.4, 0.5) is 26.3 Å². The lowest BCUT2D eigenvalue weighted by molar-refractivity contribution is -0.254. The van der Waals surface area contributed by atoms with Crippen LogP contribution in [0.1, 0.15) is 32.0 Å². The van der Waals surface area contributed by atoms with Gasteiger partial charge in [-0.3, -0.25) is 0 Å². The van der Waals surface area contributed by atoms with E-state index in [0.717, 1.165) is 33.8 Å². The minimum absolute atomic E-state index is 0.197. The van der Waals surface area contributed by atoms with E-state index in [1.54, 1.807) is 48.6 Å². The van der Waals surface area contributed by atoms with Gasteiger partial charge in [0, 0.05) is 32.0 Å². The van der Waals surface area contributed by atoms with Crippen LogP contribution in [-0.2, 0) is 0 Å².